The number of sulfonamides is 1. The van der Waals surface area contributed by atoms with Gasteiger partial charge < -0.3 is 10.2 Å². The number of amides is 2. The lowest BCUT2D eigenvalue weighted by atomic mass is 10.0. The van der Waals surface area contributed by atoms with E-state index in [0.29, 0.717) is 23.6 Å². The molecule has 230 valence electrons. The summed E-state index contributed by atoms with van der Waals surface area (Å²) in [6, 6.07) is 22.0. The Morgan fingerprint density at radius 3 is 2.30 bits per heavy atom. The summed E-state index contributed by atoms with van der Waals surface area (Å²) in [5.74, 6) is -0.379. The first-order valence-corrected chi connectivity index (χ1v) is 17.2. The van der Waals surface area contributed by atoms with Gasteiger partial charge in [-0.1, -0.05) is 79.0 Å². The number of carbonyl (C=O) groups is 2. The molecule has 7 nitrogen and oxygen atoms in total. The van der Waals surface area contributed by atoms with Gasteiger partial charge in [-0.3, -0.25) is 13.9 Å². The van der Waals surface area contributed by atoms with E-state index in [-0.39, 0.29) is 37.4 Å². The number of carbonyl (C=O) groups excluding carboxylic acids is 2. The topological polar surface area (TPSA) is 86.8 Å². The van der Waals surface area contributed by atoms with Crippen molar-refractivity contribution in [1.82, 2.24) is 10.2 Å². The Morgan fingerprint density at radius 2 is 1.63 bits per heavy atom. The van der Waals surface area contributed by atoms with Crippen LogP contribution in [0, 0.1) is 13.8 Å². The lowest BCUT2D eigenvalue weighted by Crippen LogP contribution is -2.52. The average Bonchev–Trinajstić information content (AvgIpc) is 3.47. The molecule has 9 heteroatoms. The van der Waals surface area contributed by atoms with Gasteiger partial charge in [0.05, 0.1) is 11.9 Å². The number of nitrogens with zero attached hydrogens (tertiary/aromatic N) is 2. The summed E-state index contributed by atoms with van der Waals surface area (Å²) in [5.41, 5.74) is 4.26. The van der Waals surface area contributed by atoms with Gasteiger partial charge in [-0.15, -0.1) is 0 Å². The maximum absolute atomic E-state index is 14.0. The number of benzene rings is 3. The van der Waals surface area contributed by atoms with Crippen LogP contribution in [0.25, 0.3) is 0 Å². The molecule has 2 amide bonds. The maximum atomic E-state index is 14.0. The number of hydrogen-bond donors (Lipinski definition) is 1. The van der Waals surface area contributed by atoms with E-state index in [2.05, 4.69) is 5.32 Å². The fourth-order valence-electron chi connectivity index (χ4n) is 5.74. The minimum Gasteiger partial charge on any atom is -0.352 e. The zero-order valence-corrected chi connectivity index (χ0v) is 26.8. The molecule has 0 bridgehead atoms. The van der Waals surface area contributed by atoms with E-state index >= 15 is 0 Å². The van der Waals surface area contributed by atoms with Crippen molar-refractivity contribution in [2.24, 2.45) is 0 Å². The van der Waals surface area contributed by atoms with E-state index in [1.165, 1.54) is 10.6 Å². The Balaban J connectivity index is 1.60. The number of anilines is 1. The van der Waals surface area contributed by atoms with Crippen LogP contribution in [0.4, 0.5) is 5.69 Å². The minimum atomic E-state index is -3.58. The smallest absolute Gasteiger partial charge is 0.243 e. The summed E-state index contributed by atoms with van der Waals surface area (Å²) < 4.78 is 27.0. The molecule has 1 N–H and O–H groups in total. The summed E-state index contributed by atoms with van der Waals surface area (Å²) in [7, 11) is -3.58. The SMILES string of the molecule is Cc1cccc(N(CCCC(=O)N(Cc2cccc(Cl)c2)C(Cc2ccccc2)C(=O)NC2CCCC2)S(C)(=O)=O)c1C. The van der Waals surface area contributed by atoms with Crippen LogP contribution in [0.2, 0.25) is 5.02 Å². The highest BCUT2D eigenvalue weighted by molar-refractivity contribution is 7.92. The molecule has 3 aromatic carbocycles. The molecule has 0 aromatic heterocycles. The zero-order chi connectivity index (χ0) is 31.0. The molecule has 0 heterocycles. The average molecular weight is 624 g/mol. The predicted molar refractivity (Wildman–Crippen MR) is 174 cm³/mol. The van der Waals surface area contributed by atoms with Crippen molar-refractivity contribution in [3.63, 3.8) is 0 Å². The normalized spacial score (nSPS) is 14.3. The standard InChI is InChI=1S/C34H42ClN3O4S/c1-25-12-9-19-31(26(25)2)38(43(3,41)42)21-11-20-33(39)37(24-28-15-10-16-29(35)22-28)32(23-27-13-5-4-6-14-27)34(40)36-30-17-7-8-18-30/h4-6,9-10,12-16,19,22,30,32H,7-8,11,17-18,20-21,23-24H2,1-3H3,(H,36,40). The fraction of sp³-hybridized carbons (Fsp3) is 0.412. The van der Waals surface area contributed by atoms with Crippen molar-refractivity contribution in [3.05, 3.63) is 100 Å². The fourth-order valence-corrected chi connectivity index (χ4v) is 6.97. The molecule has 1 saturated carbocycles. The summed E-state index contributed by atoms with van der Waals surface area (Å²) in [4.78, 5) is 29.5. The Kier molecular flexibility index (Phi) is 11.3. The Morgan fingerprint density at radius 1 is 0.953 bits per heavy atom. The highest BCUT2D eigenvalue weighted by Gasteiger charge is 2.32. The van der Waals surface area contributed by atoms with E-state index in [1.54, 1.807) is 17.0 Å². The lowest BCUT2D eigenvalue weighted by molar-refractivity contribution is -0.141. The quantitative estimate of drug-likeness (QED) is 0.246. The number of halogens is 1. The molecule has 1 aliphatic carbocycles. The van der Waals surface area contributed by atoms with E-state index in [1.807, 2.05) is 74.5 Å². The second kappa shape index (κ2) is 14.9. The van der Waals surface area contributed by atoms with Crippen molar-refractivity contribution >= 4 is 39.1 Å². The van der Waals surface area contributed by atoms with Crippen LogP contribution in [0.5, 0.6) is 0 Å². The van der Waals surface area contributed by atoms with Gasteiger partial charge in [0.25, 0.3) is 0 Å². The monoisotopic (exact) mass is 623 g/mol. The molecule has 4 rings (SSSR count). The highest BCUT2D eigenvalue weighted by Crippen LogP contribution is 2.26. The predicted octanol–water partition coefficient (Wildman–Crippen LogP) is 6.20. The molecule has 1 aliphatic rings. The van der Waals surface area contributed by atoms with E-state index < -0.39 is 16.1 Å². The van der Waals surface area contributed by atoms with Crippen LogP contribution in [0.15, 0.2) is 72.8 Å². The Labute approximate surface area is 261 Å². The van der Waals surface area contributed by atoms with Crippen molar-refractivity contribution in [3.8, 4) is 0 Å². The molecule has 1 unspecified atom stereocenters. The number of aryl methyl sites for hydroxylation is 1. The van der Waals surface area contributed by atoms with Gasteiger partial charge in [-0.2, -0.15) is 0 Å². The molecule has 3 aromatic rings. The zero-order valence-electron chi connectivity index (χ0n) is 25.3. The van der Waals surface area contributed by atoms with Crippen LogP contribution in [-0.4, -0.2) is 50.0 Å². The van der Waals surface area contributed by atoms with Crippen molar-refractivity contribution in [2.75, 3.05) is 17.1 Å². The lowest BCUT2D eigenvalue weighted by Gasteiger charge is -2.33. The Bertz CT molecular complexity index is 1510. The van der Waals surface area contributed by atoms with Gasteiger partial charge in [0.1, 0.15) is 6.04 Å². The summed E-state index contributed by atoms with van der Waals surface area (Å²) >= 11 is 6.29. The molecule has 0 aliphatic heterocycles. The molecule has 43 heavy (non-hydrogen) atoms. The van der Waals surface area contributed by atoms with Gasteiger partial charge in [-0.05, 0) is 73.6 Å². The molecule has 0 spiro atoms. The van der Waals surface area contributed by atoms with Gasteiger partial charge in [0.2, 0.25) is 21.8 Å². The summed E-state index contributed by atoms with van der Waals surface area (Å²) in [6.07, 6.45) is 5.97. The Hall–Kier alpha value is -3.36. The van der Waals surface area contributed by atoms with Crippen LogP contribution < -0.4 is 9.62 Å². The third-order valence-electron chi connectivity index (χ3n) is 8.21. The first-order valence-electron chi connectivity index (χ1n) is 14.9. The largest absolute Gasteiger partial charge is 0.352 e. The van der Waals surface area contributed by atoms with Gasteiger partial charge in [0, 0.05) is 37.0 Å². The first kappa shape index (κ1) is 32.6. The third-order valence-corrected chi connectivity index (χ3v) is 9.63. The van der Waals surface area contributed by atoms with Crippen molar-refractivity contribution in [1.29, 1.82) is 0 Å². The van der Waals surface area contributed by atoms with Crippen LogP contribution in [-0.2, 0) is 32.6 Å². The number of nitrogens with one attached hydrogen (secondary N) is 1. The second-order valence-corrected chi connectivity index (χ2v) is 13.8. The molecule has 0 saturated heterocycles. The minimum absolute atomic E-state index is 0.0828. The number of rotatable bonds is 13. The van der Waals surface area contributed by atoms with E-state index in [0.717, 1.165) is 47.9 Å². The molecular formula is C34H42ClN3O4S. The molecular weight excluding hydrogens is 582 g/mol. The third kappa shape index (κ3) is 9.07. The molecule has 1 fully saturated rings. The second-order valence-electron chi connectivity index (χ2n) is 11.5. The maximum Gasteiger partial charge on any atom is 0.243 e. The van der Waals surface area contributed by atoms with E-state index in [9.17, 15) is 18.0 Å². The first-order chi connectivity index (χ1) is 20.5. The van der Waals surface area contributed by atoms with Gasteiger partial charge >= 0.3 is 0 Å². The van der Waals surface area contributed by atoms with Crippen LogP contribution in [0.3, 0.4) is 0 Å². The summed E-state index contributed by atoms with van der Waals surface area (Å²) in [6.45, 7) is 4.21. The van der Waals surface area contributed by atoms with Gasteiger partial charge in [0.15, 0.2) is 0 Å². The van der Waals surface area contributed by atoms with Crippen molar-refractivity contribution in [2.45, 2.75) is 77.4 Å². The van der Waals surface area contributed by atoms with E-state index in [4.69, 9.17) is 11.6 Å². The van der Waals surface area contributed by atoms with Crippen molar-refractivity contribution < 1.29 is 18.0 Å². The van der Waals surface area contributed by atoms with Crippen LogP contribution in [0.1, 0.15) is 60.8 Å². The van der Waals surface area contributed by atoms with Gasteiger partial charge in [-0.25, -0.2) is 8.42 Å². The van der Waals surface area contributed by atoms with Crippen LogP contribution >= 0.6 is 11.6 Å². The number of hydrogen-bond acceptors (Lipinski definition) is 4. The molecule has 0 radical (unpaired) electrons. The molecule has 1 atom stereocenters. The summed E-state index contributed by atoms with van der Waals surface area (Å²) in [5, 5.41) is 3.77. The highest BCUT2D eigenvalue weighted by atomic mass is 35.5.